The van der Waals surface area contributed by atoms with Gasteiger partial charge < -0.3 is 14.8 Å². The van der Waals surface area contributed by atoms with Crippen molar-refractivity contribution < 1.29 is 9.53 Å². The minimum absolute atomic E-state index is 0.216. The maximum absolute atomic E-state index is 11.2. The van der Waals surface area contributed by atoms with E-state index in [1.165, 1.54) is 0 Å². The average molecular weight is 219 g/mol. The summed E-state index contributed by atoms with van der Waals surface area (Å²) >= 11 is 0. The molecule has 1 unspecified atom stereocenters. The first-order chi connectivity index (χ1) is 7.78. The van der Waals surface area contributed by atoms with E-state index in [1.54, 1.807) is 7.11 Å². The lowest BCUT2D eigenvalue weighted by Gasteiger charge is -2.20. The van der Waals surface area contributed by atoms with Gasteiger partial charge in [-0.3, -0.25) is 0 Å². The molecule has 1 heterocycles. The lowest BCUT2D eigenvalue weighted by atomic mass is 9.82. The number of aldehydes is 1. The highest BCUT2D eigenvalue weighted by Gasteiger charge is 2.33. The molecule has 3 heteroatoms. The molecule has 0 aromatic heterocycles. The number of ether oxygens (including phenoxy) is 1. The Balaban J connectivity index is 2.15. The van der Waals surface area contributed by atoms with Gasteiger partial charge in [0, 0.05) is 12.0 Å². The number of nitrogens with one attached hydrogen (secondary N) is 1. The predicted octanol–water partition coefficient (Wildman–Crippen LogP) is 1.42. The molecule has 1 atom stereocenters. The summed E-state index contributed by atoms with van der Waals surface area (Å²) in [7, 11) is 1.66. The summed E-state index contributed by atoms with van der Waals surface area (Å²) in [6, 6.07) is 7.94. The standard InChI is InChI=1S/C13H17NO2/c1-16-12-4-2-3-11(7-12)8-13(10-15)5-6-14-9-13/h2-4,7,10,14H,5-6,8-9H2,1H3. The summed E-state index contributed by atoms with van der Waals surface area (Å²) in [6.07, 6.45) is 2.82. The van der Waals surface area contributed by atoms with Gasteiger partial charge >= 0.3 is 0 Å². The van der Waals surface area contributed by atoms with Crippen molar-refractivity contribution in [2.75, 3.05) is 20.2 Å². The van der Waals surface area contributed by atoms with E-state index in [9.17, 15) is 4.79 Å². The fourth-order valence-corrected chi connectivity index (χ4v) is 2.25. The fourth-order valence-electron chi connectivity index (χ4n) is 2.25. The molecular weight excluding hydrogens is 202 g/mol. The Bertz CT molecular complexity index is 370. The van der Waals surface area contributed by atoms with Crippen LogP contribution in [0.5, 0.6) is 5.75 Å². The second kappa shape index (κ2) is 4.66. The number of benzene rings is 1. The van der Waals surface area contributed by atoms with E-state index < -0.39 is 0 Å². The van der Waals surface area contributed by atoms with Crippen molar-refractivity contribution >= 4 is 6.29 Å². The number of hydrogen-bond acceptors (Lipinski definition) is 3. The van der Waals surface area contributed by atoms with Gasteiger partial charge in [0.15, 0.2) is 0 Å². The van der Waals surface area contributed by atoms with Crippen molar-refractivity contribution in [1.82, 2.24) is 5.32 Å². The normalized spacial score (nSPS) is 24.3. The zero-order chi connectivity index (χ0) is 11.4. The lowest BCUT2D eigenvalue weighted by Crippen LogP contribution is -2.28. The highest BCUT2D eigenvalue weighted by molar-refractivity contribution is 5.61. The molecule has 16 heavy (non-hydrogen) atoms. The molecule has 1 saturated heterocycles. The average Bonchev–Trinajstić information content (AvgIpc) is 2.78. The second-order valence-electron chi connectivity index (χ2n) is 4.44. The van der Waals surface area contributed by atoms with E-state index in [-0.39, 0.29) is 5.41 Å². The summed E-state index contributed by atoms with van der Waals surface area (Å²) in [4.78, 5) is 11.2. The molecule has 0 spiro atoms. The Kier molecular flexibility index (Phi) is 3.25. The van der Waals surface area contributed by atoms with E-state index in [4.69, 9.17) is 4.74 Å². The lowest BCUT2D eigenvalue weighted by molar-refractivity contribution is -0.115. The third-order valence-corrected chi connectivity index (χ3v) is 3.22. The van der Waals surface area contributed by atoms with Crippen LogP contribution in [-0.2, 0) is 11.2 Å². The maximum atomic E-state index is 11.2. The Labute approximate surface area is 95.8 Å². The van der Waals surface area contributed by atoms with Crippen molar-refractivity contribution in [2.24, 2.45) is 5.41 Å². The van der Waals surface area contributed by atoms with Crippen molar-refractivity contribution in [2.45, 2.75) is 12.8 Å². The van der Waals surface area contributed by atoms with Gasteiger partial charge in [0.1, 0.15) is 12.0 Å². The highest BCUT2D eigenvalue weighted by atomic mass is 16.5. The first kappa shape index (κ1) is 11.1. The van der Waals surface area contributed by atoms with Gasteiger partial charge in [-0.2, -0.15) is 0 Å². The molecule has 86 valence electrons. The quantitative estimate of drug-likeness (QED) is 0.778. The van der Waals surface area contributed by atoms with Gasteiger partial charge in [0.2, 0.25) is 0 Å². The Morgan fingerprint density at radius 1 is 1.56 bits per heavy atom. The van der Waals surface area contributed by atoms with Gasteiger partial charge in [-0.25, -0.2) is 0 Å². The zero-order valence-electron chi connectivity index (χ0n) is 9.53. The summed E-state index contributed by atoms with van der Waals surface area (Å²) in [5.74, 6) is 0.851. The molecule has 0 amide bonds. The summed E-state index contributed by atoms with van der Waals surface area (Å²) in [5.41, 5.74) is 0.946. The van der Waals surface area contributed by atoms with Crippen molar-refractivity contribution in [3.63, 3.8) is 0 Å². The number of carbonyl (C=O) groups is 1. The first-order valence-corrected chi connectivity index (χ1v) is 5.58. The van der Waals surface area contributed by atoms with Crippen LogP contribution in [0.1, 0.15) is 12.0 Å². The second-order valence-corrected chi connectivity index (χ2v) is 4.44. The minimum Gasteiger partial charge on any atom is -0.497 e. The van der Waals surface area contributed by atoms with Crippen LogP contribution in [0.2, 0.25) is 0 Å². The van der Waals surface area contributed by atoms with Crippen LogP contribution in [0.4, 0.5) is 0 Å². The summed E-state index contributed by atoms with van der Waals surface area (Å²) < 4.78 is 5.18. The molecule has 1 fully saturated rings. The van der Waals surface area contributed by atoms with Crippen molar-refractivity contribution in [1.29, 1.82) is 0 Å². The van der Waals surface area contributed by atoms with Crippen LogP contribution in [0, 0.1) is 5.41 Å². The maximum Gasteiger partial charge on any atom is 0.127 e. The van der Waals surface area contributed by atoms with Crippen LogP contribution in [0.3, 0.4) is 0 Å². The predicted molar refractivity (Wildman–Crippen MR) is 62.7 cm³/mol. The molecule has 3 nitrogen and oxygen atoms in total. The molecule has 1 N–H and O–H groups in total. The van der Waals surface area contributed by atoms with Crippen molar-refractivity contribution in [3.05, 3.63) is 29.8 Å². The number of rotatable bonds is 4. The van der Waals surface area contributed by atoms with E-state index >= 15 is 0 Å². The van der Waals surface area contributed by atoms with Crippen LogP contribution in [0.25, 0.3) is 0 Å². The first-order valence-electron chi connectivity index (χ1n) is 5.58. The molecule has 0 radical (unpaired) electrons. The number of methoxy groups -OCH3 is 1. The summed E-state index contributed by atoms with van der Waals surface area (Å²) in [6.45, 7) is 1.72. The minimum atomic E-state index is -0.216. The van der Waals surface area contributed by atoms with E-state index in [1.807, 2.05) is 24.3 Å². The molecule has 0 saturated carbocycles. The Hall–Kier alpha value is -1.35. The van der Waals surface area contributed by atoms with Gasteiger partial charge in [0.05, 0.1) is 7.11 Å². The molecule has 1 aromatic carbocycles. The molecule has 0 bridgehead atoms. The van der Waals surface area contributed by atoms with Crippen LogP contribution < -0.4 is 10.1 Å². The molecule has 1 aliphatic heterocycles. The topological polar surface area (TPSA) is 38.3 Å². The Morgan fingerprint density at radius 2 is 2.44 bits per heavy atom. The largest absolute Gasteiger partial charge is 0.497 e. The number of carbonyl (C=O) groups excluding carboxylic acids is 1. The Morgan fingerprint density at radius 3 is 3.06 bits per heavy atom. The summed E-state index contributed by atoms with van der Waals surface area (Å²) in [5, 5.41) is 3.25. The van der Waals surface area contributed by atoms with Gasteiger partial charge in [-0.05, 0) is 37.1 Å². The van der Waals surface area contributed by atoms with Crippen LogP contribution >= 0.6 is 0 Å². The van der Waals surface area contributed by atoms with Gasteiger partial charge in [-0.15, -0.1) is 0 Å². The van der Waals surface area contributed by atoms with Crippen LogP contribution in [0.15, 0.2) is 24.3 Å². The third kappa shape index (κ3) is 2.25. The molecule has 2 rings (SSSR count). The SMILES string of the molecule is COc1cccc(CC2(C=O)CCNC2)c1. The van der Waals surface area contributed by atoms with E-state index in [0.717, 1.165) is 43.5 Å². The van der Waals surface area contributed by atoms with E-state index in [2.05, 4.69) is 5.32 Å². The van der Waals surface area contributed by atoms with Crippen molar-refractivity contribution in [3.8, 4) is 5.75 Å². The molecule has 1 aliphatic rings. The molecule has 1 aromatic rings. The van der Waals surface area contributed by atoms with Gasteiger partial charge in [0.25, 0.3) is 0 Å². The van der Waals surface area contributed by atoms with Gasteiger partial charge in [-0.1, -0.05) is 12.1 Å². The molecule has 0 aliphatic carbocycles. The van der Waals surface area contributed by atoms with Crippen LogP contribution in [-0.4, -0.2) is 26.5 Å². The fraction of sp³-hybridized carbons (Fsp3) is 0.462. The highest BCUT2D eigenvalue weighted by Crippen LogP contribution is 2.28. The smallest absolute Gasteiger partial charge is 0.127 e. The number of hydrogen-bond donors (Lipinski definition) is 1. The third-order valence-electron chi connectivity index (χ3n) is 3.22. The van der Waals surface area contributed by atoms with E-state index in [0.29, 0.717) is 0 Å². The monoisotopic (exact) mass is 219 g/mol. The molecular formula is C13H17NO2. The zero-order valence-corrected chi connectivity index (χ0v) is 9.53.